The van der Waals surface area contributed by atoms with Gasteiger partial charge in [-0.1, -0.05) is 0 Å². The fourth-order valence-corrected chi connectivity index (χ4v) is 2.86. The van der Waals surface area contributed by atoms with E-state index in [4.69, 9.17) is 5.73 Å². The lowest BCUT2D eigenvalue weighted by atomic mass is 9.97. The van der Waals surface area contributed by atoms with Gasteiger partial charge < -0.3 is 10.6 Å². The standard InChI is InChI=1S/C15H18F3N3/c16-15(17,18)12-4-5-14(11(9-12)10-20)21-8-2-1-3-13(21)6-7-19/h4-5,9,13H,1-3,6-8,19H2. The van der Waals surface area contributed by atoms with Crippen LogP contribution in [0.3, 0.4) is 0 Å². The zero-order chi connectivity index (χ0) is 15.5. The van der Waals surface area contributed by atoms with Gasteiger partial charge in [-0.15, -0.1) is 0 Å². The first-order valence-corrected chi connectivity index (χ1v) is 7.05. The van der Waals surface area contributed by atoms with Gasteiger partial charge in [-0.05, 0) is 50.4 Å². The van der Waals surface area contributed by atoms with Gasteiger partial charge in [-0.2, -0.15) is 18.4 Å². The van der Waals surface area contributed by atoms with Crippen LogP contribution in [0.1, 0.15) is 36.8 Å². The van der Waals surface area contributed by atoms with Crippen LogP contribution >= 0.6 is 0 Å². The van der Waals surface area contributed by atoms with Crippen molar-refractivity contribution in [3.05, 3.63) is 29.3 Å². The van der Waals surface area contributed by atoms with E-state index in [2.05, 4.69) is 0 Å². The van der Waals surface area contributed by atoms with Gasteiger partial charge in [0.2, 0.25) is 0 Å². The van der Waals surface area contributed by atoms with E-state index in [0.717, 1.165) is 44.4 Å². The molecule has 0 aliphatic carbocycles. The minimum Gasteiger partial charge on any atom is -0.367 e. The molecule has 21 heavy (non-hydrogen) atoms. The molecule has 1 aliphatic rings. The first kappa shape index (κ1) is 15.6. The molecule has 1 atom stereocenters. The average molecular weight is 297 g/mol. The average Bonchev–Trinajstić information content (AvgIpc) is 2.46. The maximum absolute atomic E-state index is 12.7. The normalized spacial score (nSPS) is 19.4. The summed E-state index contributed by atoms with van der Waals surface area (Å²) in [6.07, 6.45) is -0.617. The Bertz CT molecular complexity index is 532. The van der Waals surface area contributed by atoms with Crippen LogP contribution < -0.4 is 10.6 Å². The van der Waals surface area contributed by atoms with Gasteiger partial charge in [-0.25, -0.2) is 0 Å². The number of alkyl halides is 3. The van der Waals surface area contributed by atoms with Crippen molar-refractivity contribution in [2.24, 2.45) is 5.73 Å². The molecule has 0 spiro atoms. The molecule has 0 aromatic heterocycles. The Labute approximate surface area is 122 Å². The van der Waals surface area contributed by atoms with Crippen LogP contribution in [0, 0.1) is 11.3 Å². The number of rotatable bonds is 3. The van der Waals surface area contributed by atoms with Crippen LogP contribution in [0.15, 0.2) is 18.2 Å². The van der Waals surface area contributed by atoms with Gasteiger partial charge in [0, 0.05) is 12.6 Å². The van der Waals surface area contributed by atoms with Gasteiger partial charge >= 0.3 is 6.18 Å². The summed E-state index contributed by atoms with van der Waals surface area (Å²) in [5, 5.41) is 9.19. The molecular weight excluding hydrogens is 279 g/mol. The number of piperidine rings is 1. The van der Waals surface area contributed by atoms with Crippen LogP contribution in [-0.2, 0) is 6.18 Å². The van der Waals surface area contributed by atoms with E-state index >= 15 is 0 Å². The molecule has 0 bridgehead atoms. The number of nitrogens with two attached hydrogens (primary N) is 1. The monoisotopic (exact) mass is 297 g/mol. The first-order valence-electron chi connectivity index (χ1n) is 7.05. The Kier molecular flexibility index (Phi) is 4.73. The van der Waals surface area contributed by atoms with Gasteiger partial charge in [-0.3, -0.25) is 0 Å². The highest BCUT2D eigenvalue weighted by atomic mass is 19.4. The minimum absolute atomic E-state index is 0.0775. The van der Waals surface area contributed by atoms with Crippen molar-refractivity contribution >= 4 is 5.69 Å². The fraction of sp³-hybridized carbons (Fsp3) is 0.533. The Morgan fingerprint density at radius 3 is 2.71 bits per heavy atom. The summed E-state index contributed by atoms with van der Waals surface area (Å²) in [6, 6.07) is 5.49. The topological polar surface area (TPSA) is 53.0 Å². The second kappa shape index (κ2) is 6.35. The van der Waals surface area contributed by atoms with Gasteiger partial charge in [0.25, 0.3) is 0 Å². The van der Waals surface area contributed by atoms with Gasteiger partial charge in [0.05, 0.1) is 16.8 Å². The third-order valence-corrected chi connectivity index (χ3v) is 3.88. The second-order valence-corrected chi connectivity index (χ2v) is 5.26. The molecular formula is C15H18F3N3. The van der Waals surface area contributed by atoms with E-state index in [1.165, 1.54) is 6.07 Å². The van der Waals surface area contributed by atoms with E-state index in [1.54, 1.807) is 0 Å². The SMILES string of the molecule is N#Cc1cc(C(F)(F)F)ccc1N1CCCCC1CCN. The zero-order valence-electron chi connectivity index (χ0n) is 11.7. The van der Waals surface area contributed by atoms with E-state index in [-0.39, 0.29) is 11.6 Å². The summed E-state index contributed by atoms with van der Waals surface area (Å²) in [7, 11) is 0. The number of hydrogen-bond donors (Lipinski definition) is 1. The molecule has 1 saturated heterocycles. The maximum Gasteiger partial charge on any atom is 0.416 e. The highest BCUT2D eigenvalue weighted by molar-refractivity contribution is 5.61. The Morgan fingerprint density at radius 2 is 2.10 bits per heavy atom. The summed E-state index contributed by atoms with van der Waals surface area (Å²) in [5.74, 6) is 0. The summed E-state index contributed by atoms with van der Waals surface area (Å²) in [5.41, 5.74) is 5.49. The quantitative estimate of drug-likeness (QED) is 0.931. The smallest absolute Gasteiger partial charge is 0.367 e. The molecule has 1 aliphatic heterocycles. The molecule has 0 amide bonds. The van der Waals surface area contributed by atoms with Crippen molar-refractivity contribution in [1.29, 1.82) is 5.26 Å². The van der Waals surface area contributed by atoms with Crippen LogP contribution in [0.25, 0.3) is 0 Å². The van der Waals surface area contributed by atoms with Crippen molar-refractivity contribution < 1.29 is 13.2 Å². The number of benzene rings is 1. The lowest BCUT2D eigenvalue weighted by Gasteiger charge is -2.38. The van der Waals surface area contributed by atoms with Crippen LogP contribution in [-0.4, -0.2) is 19.1 Å². The summed E-state index contributed by atoms with van der Waals surface area (Å²) >= 11 is 0. The Morgan fingerprint density at radius 1 is 1.33 bits per heavy atom. The van der Waals surface area contributed by atoms with Crippen molar-refractivity contribution in [3.63, 3.8) is 0 Å². The molecule has 3 nitrogen and oxygen atoms in total. The Hall–Kier alpha value is -1.74. The third kappa shape index (κ3) is 3.48. The van der Waals surface area contributed by atoms with Crippen molar-refractivity contribution in [1.82, 2.24) is 0 Å². The number of halogens is 3. The summed E-state index contributed by atoms with van der Waals surface area (Å²) in [4.78, 5) is 2.04. The molecule has 0 saturated carbocycles. The second-order valence-electron chi connectivity index (χ2n) is 5.26. The lowest BCUT2D eigenvalue weighted by molar-refractivity contribution is -0.137. The van der Waals surface area contributed by atoms with Crippen molar-refractivity contribution in [3.8, 4) is 6.07 Å². The molecule has 2 N–H and O–H groups in total. The number of nitriles is 1. The maximum atomic E-state index is 12.7. The minimum atomic E-state index is -4.43. The predicted molar refractivity (Wildman–Crippen MR) is 74.8 cm³/mol. The highest BCUT2D eigenvalue weighted by Gasteiger charge is 2.32. The number of nitrogens with zero attached hydrogens (tertiary/aromatic N) is 2. The van der Waals surface area contributed by atoms with Gasteiger partial charge in [0.15, 0.2) is 0 Å². The Balaban J connectivity index is 2.36. The number of hydrogen-bond acceptors (Lipinski definition) is 3. The molecule has 1 unspecified atom stereocenters. The summed E-state index contributed by atoms with van der Waals surface area (Å²) in [6.45, 7) is 1.29. The molecule has 1 heterocycles. The molecule has 6 heteroatoms. The van der Waals surface area contributed by atoms with E-state index in [9.17, 15) is 18.4 Å². The lowest BCUT2D eigenvalue weighted by Crippen LogP contribution is -2.41. The predicted octanol–water partition coefficient (Wildman–Crippen LogP) is 3.28. The summed E-state index contributed by atoms with van der Waals surface area (Å²) < 4.78 is 38.2. The molecule has 1 aromatic rings. The number of anilines is 1. The zero-order valence-corrected chi connectivity index (χ0v) is 11.7. The van der Waals surface area contributed by atoms with Crippen LogP contribution in [0.2, 0.25) is 0 Å². The van der Waals surface area contributed by atoms with Crippen molar-refractivity contribution in [2.45, 2.75) is 37.9 Å². The van der Waals surface area contributed by atoms with Crippen LogP contribution in [0.4, 0.5) is 18.9 Å². The fourth-order valence-electron chi connectivity index (χ4n) is 2.86. The van der Waals surface area contributed by atoms with E-state index in [1.807, 2.05) is 11.0 Å². The largest absolute Gasteiger partial charge is 0.416 e. The molecule has 2 rings (SSSR count). The highest BCUT2D eigenvalue weighted by Crippen LogP contribution is 2.35. The van der Waals surface area contributed by atoms with E-state index < -0.39 is 11.7 Å². The molecule has 0 radical (unpaired) electrons. The van der Waals surface area contributed by atoms with Gasteiger partial charge in [0.1, 0.15) is 6.07 Å². The van der Waals surface area contributed by atoms with Crippen LogP contribution in [0.5, 0.6) is 0 Å². The first-order chi connectivity index (χ1) is 9.97. The molecule has 114 valence electrons. The molecule has 1 fully saturated rings. The van der Waals surface area contributed by atoms with Crippen molar-refractivity contribution in [2.75, 3.05) is 18.0 Å². The molecule has 1 aromatic carbocycles. The van der Waals surface area contributed by atoms with E-state index in [0.29, 0.717) is 12.2 Å². The third-order valence-electron chi connectivity index (χ3n) is 3.88.